The van der Waals surface area contributed by atoms with Gasteiger partial charge in [0, 0.05) is 0 Å². The predicted octanol–water partition coefficient (Wildman–Crippen LogP) is -0.283. The molecule has 12 heavy (non-hydrogen) atoms. The van der Waals surface area contributed by atoms with Gasteiger partial charge in [-0.05, 0) is 13.3 Å². The van der Waals surface area contributed by atoms with E-state index in [0.29, 0.717) is 0 Å². The van der Waals surface area contributed by atoms with Crippen molar-refractivity contribution in [3.05, 3.63) is 0 Å². The van der Waals surface area contributed by atoms with Gasteiger partial charge in [-0.2, -0.15) is 5.26 Å². The average Bonchev–Trinajstić information content (AvgIpc) is 2.03. The molecule has 0 aliphatic carbocycles. The Bertz CT molecular complexity index is 188. The van der Waals surface area contributed by atoms with E-state index in [-0.39, 0.29) is 13.0 Å². The minimum Gasteiger partial charge on any atom is -0.480 e. The first-order chi connectivity index (χ1) is 5.57. The first-order valence-electron chi connectivity index (χ1n) is 3.57. The van der Waals surface area contributed by atoms with E-state index in [9.17, 15) is 4.79 Å². The van der Waals surface area contributed by atoms with Crippen LogP contribution in [0.15, 0.2) is 0 Å². The van der Waals surface area contributed by atoms with E-state index in [1.165, 1.54) is 0 Å². The predicted molar refractivity (Wildman–Crippen MR) is 41.3 cm³/mol. The van der Waals surface area contributed by atoms with Gasteiger partial charge in [0.2, 0.25) is 0 Å². The molecule has 0 spiro atoms. The summed E-state index contributed by atoms with van der Waals surface area (Å²) in [6.07, 6.45) is -0.285. The topological polar surface area (TPSA) is 96.3 Å². The minimum atomic E-state index is -1.05. The molecule has 0 aliphatic heterocycles. The molecule has 0 radical (unpaired) electrons. The SMILES string of the molecule is CC(C#N)OCCC(N)C(=O)O. The van der Waals surface area contributed by atoms with E-state index >= 15 is 0 Å². The van der Waals surface area contributed by atoms with Crippen molar-refractivity contribution in [2.75, 3.05) is 6.61 Å². The summed E-state index contributed by atoms with van der Waals surface area (Å²) in [5.41, 5.74) is 5.18. The zero-order valence-corrected chi connectivity index (χ0v) is 6.86. The van der Waals surface area contributed by atoms with Crippen LogP contribution in [0, 0.1) is 11.3 Å². The van der Waals surface area contributed by atoms with Gasteiger partial charge in [0.15, 0.2) is 0 Å². The highest BCUT2D eigenvalue weighted by Crippen LogP contribution is 1.93. The number of rotatable bonds is 5. The summed E-state index contributed by atoms with van der Waals surface area (Å²) in [7, 11) is 0. The zero-order chi connectivity index (χ0) is 9.56. The minimum absolute atomic E-state index is 0.197. The second-order valence-electron chi connectivity index (χ2n) is 2.38. The van der Waals surface area contributed by atoms with Gasteiger partial charge in [0.05, 0.1) is 12.7 Å². The van der Waals surface area contributed by atoms with E-state index in [0.717, 1.165) is 0 Å². The Morgan fingerprint density at radius 3 is 2.83 bits per heavy atom. The number of nitriles is 1. The maximum Gasteiger partial charge on any atom is 0.320 e. The number of carboxylic acid groups (broad SMARTS) is 1. The normalized spacial score (nSPS) is 14.8. The largest absolute Gasteiger partial charge is 0.480 e. The van der Waals surface area contributed by atoms with Crippen molar-refractivity contribution in [2.24, 2.45) is 5.73 Å². The smallest absolute Gasteiger partial charge is 0.320 e. The Morgan fingerprint density at radius 1 is 1.83 bits per heavy atom. The van der Waals surface area contributed by atoms with Crippen LogP contribution in [0.25, 0.3) is 0 Å². The first kappa shape index (κ1) is 10.9. The fraction of sp³-hybridized carbons (Fsp3) is 0.714. The quantitative estimate of drug-likeness (QED) is 0.594. The average molecular weight is 172 g/mol. The molecule has 0 aromatic carbocycles. The monoisotopic (exact) mass is 172 g/mol. The number of hydrogen-bond acceptors (Lipinski definition) is 4. The number of ether oxygens (including phenoxy) is 1. The molecule has 0 bridgehead atoms. The Morgan fingerprint density at radius 2 is 2.42 bits per heavy atom. The van der Waals surface area contributed by atoms with E-state index < -0.39 is 18.1 Å². The molecule has 0 aliphatic rings. The maximum atomic E-state index is 10.2. The van der Waals surface area contributed by atoms with Gasteiger partial charge in [-0.15, -0.1) is 0 Å². The fourth-order valence-corrected chi connectivity index (χ4v) is 0.533. The molecule has 2 unspecified atom stereocenters. The molecule has 0 saturated heterocycles. The fourth-order valence-electron chi connectivity index (χ4n) is 0.533. The van der Waals surface area contributed by atoms with Gasteiger partial charge < -0.3 is 15.6 Å². The van der Waals surface area contributed by atoms with Gasteiger partial charge >= 0.3 is 5.97 Å². The molecular formula is C7H12N2O3. The lowest BCUT2D eigenvalue weighted by atomic mass is 10.2. The highest BCUT2D eigenvalue weighted by Gasteiger charge is 2.11. The summed E-state index contributed by atoms with van der Waals surface area (Å²) in [5, 5.41) is 16.6. The van der Waals surface area contributed by atoms with Crippen LogP contribution in [0.3, 0.4) is 0 Å². The molecule has 5 heteroatoms. The first-order valence-corrected chi connectivity index (χ1v) is 3.57. The summed E-state index contributed by atoms with van der Waals surface area (Å²) < 4.78 is 4.91. The van der Waals surface area contributed by atoms with Crippen molar-refractivity contribution in [2.45, 2.75) is 25.5 Å². The molecule has 0 amide bonds. The third-order valence-electron chi connectivity index (χ3n) is 1.30. The third-order valence-corrected chi connectivity index (χ3v) is 1.30. The molecular weight excluding hydrogens is 160 g/mol. The van der Waals surface area contributed by atoms with Crippen LogP contribution in [-0.4, -0.2) is 29.8 Å². The molecule has 68 valence electrons. The number of nitrogens with two attached hydrogens (primary N) is 1. The Labute approximate surface area is 70.7 Å². The molecule has 3 N–H and O–H groups in total. The molecule has 0 rings (SSSR count). The highest BCUT2D eigenvalue weighted by atomic mass is 16.5. The maximum absolute atomic E-state index is 10.2. The standard InChI is InChI=1S/C7H12N2O3/c1-5(4-8)12-3-2-6(9)7(10)11/h5-6H,2-3,9H2,1H3,(H,10,11). The molecule has 0 fully saturated rings. The van der Waals surface area contributed by atoms with Crippen molar-refractivity contribution in [3.63, 3.8) is 0 Å². The van der Waals surface area contributed by atoms with Crippen LogP contribution in [0.1, 0.15) is 13.3 Å². The number of aliphatic carboxylic acids is 1. The summed E-state index contributed by atoms with van der Waals surface area (Å²) in [6, 6.07) is 0.951. The van der Waals surface area contributed by atoms with E-state index in [1.807, 2.05) is 6.07 Å². The molecule has 0 saturated carbocycles. The van der Waals surface area contributed by atoms with Crippen LogP contribution in [0.2, 0.25) is 0 Å². The summed E-state index contributed by atoms with van der Waals surface area (Å²) in [6.45, 7) is 1.79. The molecule has 2 atom stereocenters. The number of hydrogen-bond donors (Lipinski definition) is 2. The van der Waals surface area contributed by atoms with Crippen LogP contribution in [0.4, 0.5) is 0 Å². The van der Waals surface area contributed by atoms with E-state index in [1.54, 1.807) is 6.92 Å². The van der Waals surface area contributed by atoms with Gasteiger partial charge in [0.1, 0.15) is 12.1 Å². The van der Waals surface area contributed by atoms with Crippen LogP contribution in [0.5, 0.6) is 0 Å². The van der Waals surface area contributed by atoms with Crippen LogP contribution < -0.4 is 5.73 Å². The van der Waals surface area contributed by atoms with Gasteiger partial charge in [0.25, 0.3) is 0 Å². The number of carbonyl (C=O) groups is 1. The second-order valence-corrected chi connectivity index (χ2v) is 2.38. The van der Waals surface area contributed by atoms with Crippen molar-refractivity contribution in [3.8, 4) is 6.07 Å². The Balaban J connectivity index is 3.45. The van der Waals surface area contributed by atoms with Crippen LogP contribution in [-0.2, 0) is 9.53 Å². The van der Waals surface area contributed by atoms with E-state index in [4.69, 9.17) is 20.8 Å². The number of carboxylic acids is 1. The lowest BCUT2D eigenvalue weighted by Gasteiger charge is -2.07. The van der Waals surface area contributed by atoms with Crippen molar-refractivity contribution < 1.29 is 14.6 Å². The second kappa shape index (κ2) is 5.52. The lowest BCUT2D eigenvalue weighted by molar-refractivity contribution is -0.139. The number of nitrogens with zero attached hydrogens (tertiary/aromatic N) is 1. The van der Waals surface area contributed by atoms with Crippen molar-refractivity contribution in [1.82, 2.24) is 0 Å². The lowest BCUT2D eigenvalue weighted by Crippen LogP contribution is -2.31. The van der Waals surface area contributed by atoms with E-state index in [2.05, 4.69) is 0 Å². The zero-order valence-electron chi connectivity index (χ0n) is 6.86. The highest BCUT2D eigenvalue weighted by molar-refractivity contribution is 5.72. The Kier molecular flexibility index (Phi) is 5.00. The molecule has 5 nitrogen and oxygen atoms in total. The van der Waals surface area contributed by atoms with Crippen molar-refractivity contribution in [1.29, 1.82) is 5.26 Å². The summed E-state index contributed by atoms with van der Waals surface area (Å²) >= 11 is 0. The van der Waals surface area contributed by atoms with Gasteiger partial charge in [-0.1, -0.05) is 0 Å². The van der Waals surface area contributed by atoms with Crippen molar-refractivity contribution >= 4 is 5.97 Å². The Hall–Kier alpha value is -1.12. The summed E-state index contributed by atoms with van der Waals surface area (Å²) in [5.74, 6) is -1.05. The van der Waals surface area contributed by atoms with Gasteiger partial charge in [-0.25, -0.2) is 0 Å². The molecule has 0 heterocycles. The summed E-state index contributed by atoms with van der Waals surface area (Å²) in [4.78, 5) is 10.2. The molecule has 0 aromatic rings. The molecule has 0 aromatic heterocycles. The van der Waals surface area contributed by atoms with Crippen LogP contribution >= 0.6 is 0 Å². The third kappa shape index (κ3) is 4.66. The van der Waals surface area contributed by atoms with Gasteiger partial charge in [-0.3, -0.25) is 4.79 Å².